The number of nitrogens with one attached hydrogen (secondary N) is 2. The molecule has 0 saturated heterocycles. The second-order valence-corrected chi connectivity index (χ2v) is 8.95. The summed E-state index contributed by atoms with van der Waals surface area (Å²) in [4.78, 5) is 12.8. The van der Waals surface area contributed by atoms with Gasteiger partial charge in [-0.1, -0.05) is 54.6 Å². The third-order valence-corrected chi connectivity index (χ3v) is 6.40. The Bertz CT molecular complexity index is 1470. The second-order valence-electron chi connectivity index (χ2n) is 8.95. The van der Waals surface area contributed by atoms with Gasteiger partial charge in [-0.25, -0.2) is 4.39 Å². The second kappa shape index (κ2) is 10.6. The molecule has 1 amide bonds. The fourth-order valence-electron chi connectivity index (χ4n) is 4.44. The summed E-state index contributed by atoms with van der Waals surface area (Å²) < 4.78 is 15.2. The summed E-state index contributed by atoms with van der Waals surface area (Å²) in [6, 6.07) is 30.6. The zero-order valence-electron chi connectivity index (χ0n) is 20.2. The molecule has 5 aromatic rings. The van der Waals surface area contributed by atoms with E-state index in [1.54, 1.807) is 12.1 Å². The van der Waals surface area contributed by atoms with Gasteiger partial charge in [-0.3, -0.25) is 4.79 Å². The van der Waals surface area contributed by atoms with Crippen LogP contribution < -0.4 is 10.6 Å². The van der Waals surface area contributed by atoms with Crippen molar-refractivity contribution in [1.82, 2.24) is 9.88 Å². The Morgan fingerprint density at radius 3 is 2.33 bits per heavy atom. The van der Waals surface area contributed by atoms with E-state index in [2.05, 4.69) is 69.9 Å². The highest BCUT2D eigenvalue weighted by Gasteiger charge is 2.12. The molecule has 0 aliphatic carbocycles. The highest BCUT2D eigenvalue weighted by molar-refractivity contribution is 6.06. The van der Waals surface area contributed by atoms with Gasteiger partial charge in [0, 0.05) is 41.9 Å². The normalized spacial score (nSPS) is 11.1. The Balaban J connectivity index is 1.21. The number of benzene rings is 4. The van der Waals surface area contributed by atoms with E-state index in [-0.39, 0.29) is 11.7 Å². The quantitative estimate of drug-likeness (QED) is 0.248. The van der Waals surface area contributed by atoms with Crippen molar-refractivity contribution in [3.63, 3.8) is 0 Å². The fraction of sp³-hybridized carbons (Fsp3) is 0.129. The molecule has 0 fully saturated rings. The summed E-state index contributed by atoms with van der Waals surface area (Å²) in [5, 5.41) is 7.42. The monoisotopic (exact) mass is 477 g/mol. The van der Waals surface area contributed by atoms with E-state index in [1.165, 1.54) is 28.8 Å². The first kappa shape index (κ1) is 23.5. The molecular formula is C31H28FN3O. The van der Waals surface area contributed by atoms with Gasteiger partial charge in [0.25, 0.3) is 5.91 Å². The predicted molar refractivity (Wildman–Crippen MR) is 145 cm³/mol. The van der Waals surface area contributed by atoms with E-state index >= 15 is 0 Å². The molecular weight excluding hydrogens is 449 g/mol. The van der Waals surface area contributed by atoms with Crippen LogP contribution in [0.15, 0.2) is 103 Å². The number of hydrogen-bond acceptors (Lipinski definition) is 2. The standard InChI is InChI=1S/C31H28FN3O/c1-35-21-26(20-33-18-17-22-7-9-24(10-8-22)23-5-3-2-4-6-23)29-19-25(11-16-30(29)35)31(36)34-28-14-12-27(32)13-15-28/h2-16,19,21,33H,17-18,20H2,1H3,(H,34,36). The summed E-state index contributed by atoms with van der Waals surface area (Å²) >= 11 is 0. The number of hydrogen-bond donors (Lipinski definition) is 2. The SMILES string of the molecule is Cn1cc(CNCCc2ccc(-c3ccccc3)cc2)c2cc(C(=O)Nc3ccc(F)cc3)ccc21. The number of nitrogens with zero attached hydrogens (tertiary/aromatic N) is 1. The van der Waals surface area contributed by atoms with E-state index in [1.807, 2.05) is 31.3 Å². The lowest BCUT2D eigenvalue weighted by Crippen LogP contribution is -2.16. The molecule has 180 valence electrons. The molecule has 2 N–H and O–H groups in total. The first-order chi connectivity index (χ1) is 17.6. The highest BCUT2D eigenvalue weighted by Crippen LogP contribution is 2.23. The summed E-state index contributed by atoms with van der Waals surface area (Å²) in [6.07, 6.45) is 3.04. The third kappa shape index (κ3) is 5.37. The van der Waals surface area contributed by atoms with Crippen molar-refractivity contribution < 1.29 is 9.18 Å². The number of carbonyl (C=O) groups excluding carboxylic acids is 1. The van der Waals surface area contributed by atoms with E-state index in [0.29, 0.717) is 17.8 Å². The van der Waals surface area contributed by atoms with E-state index in [9.17, 15) is 9.18 Å². The zero-order chi connectivity index (χ0) is 24.9. The summed E-state index contributed by atoms with van der Waals surface area (Å²) in [6.45, 7) is 1.56. The summed E-state index contributed by atoms with van der Waals surface area (Å²) in [5.41, 5.74) is 7.09. The minimum Gasteiger partial charge on any atom is -0.350 e. The van der Waals surface area contributed by atoms with Gasteiger partial charge in [-0.2, -0.15) is 0 Å². The van der Waals surface area contributed by atoms with Gasteiger partial charge in [0.1, 0.15) is 5.82 Å². The Morgan fingerprint density at radius 1 is 0.861 bits per heavy atom. The number of carbonyl (C=O) groups is 1. The molecule has 5 heteroatoms. The van der Waals surface area contributed by atoms with Crippen LogP contribution in [0.1, 0.15) is 21.5 Å². The van der Waals surface area contributed by atoms with Crippen molar-refractivity contribution in [2.75, 3.05) is 11.9 Å². The lowest BCUT2D eigenvalue weighted by molar-refractivity contribution is 0.102. The van der Waals surface area contributed by atoms with Gasteiger partial charge in [0.2, 0.25) is 0 Å². The molecule has 5 rings (SSSR count). The molecule has 4 nitrogen and oxygen atoms in total. The number of rotatable bonds is 8. The highest BCUT2D eigenvalue weighted by atomic mass is 19.1. The van der Waals surface area contributed by atoms with Gasteiger partial charge < -0.3 is 15.2 Å². The number of fused-ring (bicyclic) bond motifs is 1. The molecule has 0 aliphatic rings. The van der Waals surface area contributed by atoms with Crippen molar-refractivity contribution in [2.45, 2.75) is 13.0 Å². The lowest BCUT2D eigenvalue weighted by atomic mass is 10.0. The number of anilines is 1. The smallest absolute Gasteiger partial charge is 0.255 e. The maximum Gasteiger partial charge on any atom is 0.255 e. The minimum absolute atomic E-state index is 0.217. The van der Waals surface area contributed by atoms with Crippen molar-refractivity contribution in [2.24, 2.45) is 7.05 Å². The van der Waals surface area contributed by atoms with Crippen LogP contribution in [0.4, 0.5) is 10.1 Å². The minimum atomic E-state index is -0.333. The predicted octanol–water partition coefficient (Wildman–Crippen LogP) is 6.57. The molecule has 0 atom stereocenters. The average Bonchev–Trinajstić information content (AvgIpc) is 3.23. The number of aromatic nitrogens is 1. The van der Waals surface area contributed by atoms with Gasteiger partial charge in [-0.05, 0) is 77.7 Å². The molecule has 1 heterocycles. The van der Waals surface area contributed by atoms with Crippen molar-refractivity contribution in [3.05, 3.63) is 126 Å². The van der Waals surface area contributed by atoms with Crippen LogP contribution in [-0.4, -0.2) is 17.0 Å². The third-order valence-electron chi connectivity index (χ3n) is 6.40. The largest absolute Gasteiger partial charge is 0.350 e. The number of aryl methyl sites for hydroxylation is 1. The maximum absolute atomic E-state index is 13.2. The van der Waals surface area contributed by atoms with Crippen LogP contribution in [0.3, 0.4) is 0 Å². The first-order valence-corrected chi connectivity index (χ1v) is 12.1. The Hall–Kier alpha value is -4.22. The molecule has 1 aromatic heterocycles. The van der Waals surface area contributed by atoms with Crippen LogP contribution in [0, 0.1) is 5.82 Å². The fourth-order valence-corrected chi connectivity index (χ4v) is 4.44. The summed E-state index contributed by atoms with van der Waals surface area (Å²) in [5.74, 6) is -0.551. The lowest BCUT2D eigenvalue weighted by Gasteiger charge is -2.08. The topological polar surface area (TPSA) is 46.1 Å². The molecule has 36 heavy (non-hydrogen) atoms. The zero-order valence-corrected chi connectivity index (χ0v) is 20.2. The molecule has 0 aliphatic heterocycles. The van der Waals surface area contributed by atoms with Crippen molar-refractivity contribution >= 4 is 22.5 Å². The van der Waals surface area contributed by atoms with Gasteiger partial charge in [-0.15, -0.1) is 0 Å². The van der Waals surface area contributed by atoms with E-state index < -0.39 is 0 Å². The van der Waals surface area contributed by atoms with Crippen LogP contribution >= 0.6 is 0 Å². The van der Waals surface area contributed by atoms with Crippen molar-refractivity contribution in [1.29, 1.82) is 0 Å². The molecule has 0 radical (unpaired) electrons. The molecule has 0 saturated carbocycles. The maximum atomic E-state index is 13.2. The number of halogens is 1. The summed E-state index contributed by atoms with van der Waals surface area (Å²) in [7, 11) is 2.01. The average molecular weight is 478 g/mol. The van der Waals surface area contributed by atoms with Crippen molar-refractivity contribution in [3.8, 4) is 11.1 Å². The van der Waals surface area contributed by atoms with Crippen LogP contribution in [0.25, 0.3) is 22.0 Å². The van der Waals surface area contributed by atoms with Crippen LogP contribution in [0.2, 0.25) is 0 Å². The molecule has 0 spiro atoms. The Morgan fingerprint density at radius 2 is 1.58 bits per heavy atom. The van der Waals surface area contributed by atoms with E-state index in [4.69, 9.17) is 0 Å². The van der Waals surface area contributed by atoms with Gasteiger partial charge >= 0.3 is 0 Å². The number of amides is 1. The first-order valence-electron chi connectivity index (χ1n) is 12.1. The van der Waals surface area contributed by atoms with Crippen LogP contribution in [0.5, 0.6) is 0 Å². The Labute approximate surface area is 210 Å². The van der Waals surface area contributed by atoms with E-state index in [0.717, 1.165) is 29.4 Å². The van der Waals surface area contributed by atoms with Crippen LogP contribution in [-0.2, 0) is 20.0 Å². The Kier molecular flexibility index (Phi) is 6.92. The van der Waals surface area contributed by atoms with Gasteiger partial charge in [0.05, 0.1) is 0 Å². The van der Waals surface area contributed by atoms with Gasteiger partial charge in [0.15, 0.2) is 0 Å². The molecule has 0 unspecified atom stereocenters. The molecule has 0 bridgehead atoms. The molecule has 4 aromatic carbocycles.